The monoisotopic (exact) mass is 420 g/mol. The second-order valence-electron chi connectivity index (χ2n) is 8.19. The van der Waals surface area contributed by atoms with Crippen molar-refractivity contribution < 1.29 is 4.42 Å². The molecule has 0 bridgehead atoms. The maximum atomic E-state index is 6.27. The van der Waals surface area contributed by atoms with E-state index in [0.29, 0.717) is 0 Å². The first-order chi connectivity index (χ1) is 15.8. The number of pyridine rings is 2. The summed E-state index contributed by atoms with van der Waals surface area (Å²) >= 11 is 0. The fourth-order valence-electron chi connectivity index (χ4n) is 4.76. The van der Waals surface area contributed by atoms with E-state index in [2.05, 4.69) is 70.3 Å². The van der Waals surface area contributed by atoms with Crippen molar-refractivity contribution in [2.24, 2.45) is 0 Å². The summed E-state index contributed by atoms with van der Waals surface area (Å²) in [6, 6.07) is 22.8. The lowest BCUT2D eigenvalue weighted by atomic mass is 9.95. The van der Waals surface area contributed by atoms with E-state index in [0.717, 1.165) is 48.0 Å². The number of benzene rings is 1. The van der Waals surface area contributed by atoms with Crippen LogP contribution in [0, 0.1) is 0 Å². The fourth-order valence-corrected chi connectivity index (χ4v) is 4.76. The molecule has 5 nitrogen and oxygen atoms in total. The van der Waals surface area contributed by atoms with Crippen molar-refractivity contribution in [2.45, 2.75) is 25.8 Å². The molecule has 1 unspecified atom stereocenters. The zero-order chi connectivity index (χ0) is 21.5. The van der Waals surface area contributed by atoms with Gasteiger partial charge < -0.3 is 14.3 Å². The third kappa shape index (κ3) is 3.09. The van der Waals surface area contributed by atoms with Crippen LogP contribution in [0.15, 0.2) is 83.5 Å². The molecule has 158 valence electrons. The SMILES string of the molecule is CCc1ccc(C2c3[nH]c4ccccc4c3CCN2c2ccc(-c3ccccn3)cn2)o1. The Bertz CT molecular complexity index is 1370. The van der Waals surface area contributed by atoms with E-state index >= 15 is 0 Å². The van der Waals surface area contributed by atoms with Crippen LogP contribution < -0.4 is 4.90 Å². The number of aryl methyl sites for hydroxylation is 1. The van der Waals surface area contributed by atoms with Gasteiger partial charge in [0.15, 0.2) is 0 Å². The molecule has 0 spiro atoms. The Labute approximate surface area is 186 Å². The van der Waals surface area contributed by atoms with Gasteiger partial charge in [-0.05, 0) is 54.4 Å². The first-order valence-corrected chi connectivity index (χ1v) is 11.1. The zero-order valence-electron chi connectivity index (χ0n) is 18.0. The maximum Gasteiger partial charge on any atom is 0.132 e. The van der Waals surface area contributed by atoms with Crippen molar-refractivity contribution in [3.8, 4) is 11.3 Å². The van der Waals surface area contributed by atoms with E-state index in [1.165, 1.54) is 22.2 Å². The van der Waals surface area contributed by atoms with E-state index in [9.17, 15) is 0 Å². The van der Waals surface area contributed by atoms with Gasteiger partial charge in [-0.2, -0.15) is 0 Å². The third-order valence-corrected chi connectivity index (χ3v) is 6.34. The van der Waals surface area contributed by atoms with E-state index in [1.807, 2.05) is 30.6 Å². The molecular weight excluding hydrogens is 396 g/mol. The van der Waals surface area contributed by atoms with Crippen LogP contribution in [0.1, 0.15) is 35.7 Å². The lowest BCUT2D eigenvalue weighted by Crippen LogP contribution is -2.36. The summed E-state index contributed by atoms with van der Waals surface area (Å²) in [4.78, 5) is 15.3. The molecule has 6 rings (SSSR count). The fraction of sp³-hybridized carbons (Fsp3) is 0.185. The van der Waals surface area contributed by atoms with Crippen LogP contribution in [-0.2, 0) is 12.8 Å². The van der Waals surface area contributed by atoms with Crippen molar-refractivity contribution in [3.63, 3.8) is 0 Å². The minimum Gasteiger partial charge on any atom is -0.463 e. The predicted molar refractivity (Wildman–Crippen MR) is 127 cm³/mol. The first kappa shape index (κ1) is 18.9. The van der Waals surface area contributed by atoms with Crippen molar-refractivity contribution in [1.82, 2.24) is 15.0 Å². The quantitative estimate of drug-likeness (QED) is 0.391. The molecule has 1 aliphatic heterocycles. The van der Waals surface area contributed by atoms with Crippen molar-refractivity contribution >= 4 is 16.7 Å². The normalized spacial score (nSPS) is 15.8. The van der Waals surface area contributed by atoms with Crippen molar-refractivity contribution in [1.29, 1.82) is 0 Å². The second-order valence-corrected chi connectivity index (χ2v) is 8.19. The molecule has 5 heteroatoms. The second kappa shape index (κ2) is 7.68. The third-order valence-electron chi connectivity index (χ3n) is 6.34. The molecule has 1 aliphatic rings. The smallest absolute Gasteiger partial charge is 0.132 e. The van der Waals surface area contributed by atoms with Gasteiger partial charge in [0.2, 0.25) is 0 Å². The van der Waals surface area contributed by atoms with Gasteiger partial charge in [0.1, 0.15) is 23.4 Å². The Kier molecular flexibility index (Phi) is 4.53. The molecule has 32 heavy (non-hydrogen) atoms. The van der Waals surface area contributed by atoms with E-state index in [4.69, 9.17) is 9.40 Å². The molecule has 0 amide bonds. The molecule has 0 aliphatic carbocycles. The Balaban J connectivity index is 1.45. The molecular formula is C27H24N4O. The van der Waals surface area contributed by atoms with Gasteiger partial charge in [-0.3, -0.25) is 4.98 Å². The Hall–Kier alpha value is -3.86. The highest BCUT2D eigenvalue weighted by molar-refractivity contribution is 5.85. The predicted octanol–water partition coefficient (Wildman–Crippen LogP) is 5.93. The maximum absolute atomic E-state index is 6.27. The zero-order valence-corrected chi connectivity index (χ0v) is 18.0. The van der Waals surface area contributed by atoms with Gasteiger partial charge in [0.25, 0.3) is 0 Å². The minimum atomic E-state index is -0.0420. The average molecular weight is 421 g/mol. The summed E-state index contributed by atoms with van der Waals surface area (Å²) < 4.78 is 6.27. The lowest BCUT2D eigenvalue weighted by Gasteiger charge is -2.35. The standard InChI is InChI=1S/C27H24N4O/c1-2-19-11-12-24(32-19)27-26-21(20-7-3-4-9-23(20)30-26)14-16-31(27)25-13-10-18(17-29-25)22-8-5-6-15-28-22/h3-13,15,17,27,30H,2,14,16H2,1H3. The molecule has 0 saturated carbocycles. The van der Waals surface area contributed by atoms with Crippen molar-refractivity contribution in [3.05, 3.63) is 102 Å². The summed E-state index contributed by atoms with van der Waals surface area (Å²) in [6.45, 7) is 2.99. The Morgan fingerprint density at radius 3 is 2.69 bits per heavy atom. The number of furan rings is 1. The van der Waals surface area contributed by atoms with Gasteiger partial charge in [0.05, 0.1) is 5.69 Å². The molecule has 5 heterocycles. The molecule has 0 radical (unpaired) electrons. The van der Waals surface area contributed by atoms with E-state index in [-0.39, 0.29) is 6.04 Å². The van der Waals surface area contributed by atoms with Crippen LogP contribution >= 0.6 is 0 Å². The highest BCUT2D eigenvalue weighted by Crippen LogP contribution is 2.41. The van der Waals surface area contributed by atoms with Crippen LogP contribution in [0.2, 0.25) is 0 Å². The largest absolute Gasteiger partial charge is 0.463 e. The van der Waals surface area contributed by atoms with Crippen LogP contribution in [0.5, 0.6) is 0 Å². The van der Waals surface area contributed by atoms with Crippen molar-refractivity contribution in [2.75, 3.05) is 11.4 Å². The highest BCUT2D eigenvalue weighted by atomic mass is 16.3. The molecule has 4 aromatic heterocycles. The number of aromatic nitrogens is 3. The van der Waals surface area contributed by atoms with Gasteiger partial charge >= 0.3 is 0 Å². The number of rotatable bonds is 4. The summed E-state index contributed by atoms with van der Waals surface area (Å²) in [6.07, 6.45) is 5.56. The number of anilines is 1. The number of para-hydroxylation sites is 1. The van der Waals surface area contributed by atoms with Crippen LogP contribution in [-0.4, -0.2) is 21.5 Å². The van der Waals surface area contributed by atoms with E-state index < -0.39 is 0 Å². The number of nitrogens with one attached hydrogen (secondary N) is 1. The Morgan fingerprint density at radius 2 is 1.91 bits per heavy atom. The number of hydrogen-bond acceptors (Lipinski definition) is 4. The van der Waals surface area contributed by atoms with Gasteiger partial charge in [-0.15, -0.1) is 0 Å². The number of aromatic amines is 1. The highest BCUT2D eigenvalue weighted by Gasteiger charge is 2.34. The van der Waals surface area contributed by atoms with Crippen LogP contribution in [0.3, 0.4) is 0 Å². The lowest BCUT2D eigenvalue weighted by molar-refractivity contribution is 0.433. The molecule has 0 saturated heterocycles. The number of H-pyrrole nitrogens is 1. The van der Waals surface area contributed by atoms with Crippen LogP contribution in [0.25, 0.3) is 22.2 Å². The summed E-state index contributed by atoms with van der Waals surface area (Å²) in [5.74, 6) is 2.89. The number of fused-ring (bicyclic) bond motifs is 3. The van der Waals surface area contributed by atoms with Gasteiger partial charge in [0, 0.05) is 47.5 Å². The van der Waals surface area contributed by atoms with Crippen LogP contribution in [0.4, 0.5) is 5.82 Å². The average Bonchev–Trinajstić information content (AvgIpc) is 3.49. The van der Waals surface area contributed by atoms with Gasteiger partial charge in [-0.25, -0.2) is 4.98 Å². The molecule has 1 atom stereocenters. The van der Waals surface area contributed by atoms with Gasteiger partial charge in [-0.1, -0.05) is 31.2 Å². The summed E-state index contributed by atoms with van der Waals surface area (Å²) in [5.41, 5.74) is 5.69. The molecule has 0 fully saturated rings. The Morgan fingerprint density at radius 1 is 1.00 bits per heavy atom. The molecule has 1 N–H and O–H groups in total. The first-order valence-electron chi connectivity index (χ1n) is 11.1. The summed E-state index contributed by atoms with van der Waals surface area (Å²) in [7, 11) is 0. The van der Waals surface area contributed by atoms with E-state index in [1.54, 1.807) is 0 Å². The molecule has 5 aromatic rings. The minimum absolute atomic E-state index is 0.0420. The topological polar surface area (TPSA) is 58.0 Å². The summed E-state index contributed by atoms with van der Waals surface area (Å²) in [5, 5.41) is 1.30. The molecule has 1 aromatic carbocycles. The number of hydrogen-bond donors (Lipinski definition) is 1. The number of nitrogens with zero attached hydrogens (tertiary/aromatic N) is 3.